The van der Waals surface area contributed by atoms with Gasteiger partial charge < -0.3 is 15.4 Å². The van der Waals surface area contributed by atoms with Gasteiger partial charge in [-0.15, -0.1) is 35.3 Å². The Morgan fingerprint density at radius 1 is 1.17 bits per heavy atom. The highest BCUT2D eigenvalue weighted by Gasteiger charge is 2.13. The highest BCUT2D eigenvalue weighted by atomic mass is 127. The molecule has 0 spiro atoms. The topological polar surface area (TPSA) is 66.2 Å². The van der Waals surface area contributed by atoms with E-state index < -0.39 is 0 Å². The van der Waals surface area contributed by atoms with E-state index in [0.717, 1.165) is 56.0 Å². The molecule has 7 nitrogen and oxygen atoms in total. The van der Waals surface area contributed by atoms with E-state index in [-0.39, 0.29) is 24.0 Å². The SMILES string of the molecule is CN=C(NCc1cn2ccsc2n1)NCc1ccccc1CN1CCOCC1.I. The number of nitrogens with zero attached hydrogens (tertiary/aromatic N) is 4. The van der Waals surface area contributed by atoms with E-state index in [2.05, 4.69) is 49.8 Å². The van der Waals surface area contributed by atoms with Crippen LogP contribution in [0, 0.1) is 0 Å². The van der Waals surface area contributed by atoms with Gasteiger partial charge in [0.15, 0.2) is 10.9 Å². The first-order valence-electron chi connectivity index (χ1n) is 9.54. The minimum atomic E-state index is 0. The summed E-state index contributed by atoms with van der Waals surface area (Å²) in [6, 6.07) is 8.59. The lowest BCUT2D eigenvalue weighted by atomic mass is 10.1. The summed E-state index contributed by atoms with van der Waals surface area (Å²) in [5.41, 5.74) is 3.64. The van der Waals surface area contributed by atoms with Crippen molar-refractivity contribution >= 4 is 46.2 Å². The Bertz CT molecular complexity index is 905. The van der Waals surface area contributed by atoms with Crippen LogP contribution in [0.5, 0.6) is 0 Å². The molecular formula is C20H27IN6OS. The molecule has 0 saturated carbocycles. The number of rotatable bonds is 6. The van der Waals surface area contributed by atoms with Gasteiger partial charge in [0.2, 0.25) is 0 Å². The lowest BCUT2D eigenvalue weighted by Gasteiger charge is -2.27. The van der Waals surface area contributed by atoms with E-state index in [9.17, 15) is 0 Å². The molecule has 1 saturated heterocycles. The number of morpholine rings is 1. The number of halogens is 1. The molecule has 3 aromatic rings. The fourth-order valence-electron chi connectivity index (χ4n) is 3.32. The summed E-state index contributed by atoms with van der Waals surface area (Å²) in [5.74, 6) is 0.775. The first kappa shape index (κ1) is 22.0. The van der Waals surface area contributed by atoms with Crippen molar-refractivity contribution in [3.8, 4) is 0 Å². The second-order valence-electron chi connectivity index (χ2n) is 6.76. The number of hydrogen-bond acceptors (Lipinski definition) is 5. The number of aromatic nitrogens is 2. The zero-order chi connectivity index (χ0) is 19.2. The molecule has 9 heteroatoms. The standard InChI is InChI=1S/C20H26N6OS.HI/c1-21-19(23-13-18-15-26-8-11-28-20(26)24-18)22-12-16-4-2-3-5-17(16)14-25-6-9-27-10-7-25;/h2-5,8,11,15H,6-7,9-10,12-14H2,1H3,(H2,21,22,23);1H. The predicted octanol–water partition coefficient (Wildman–Crippen LogP) is 2.71. The van der Waals surface area contributed by atoms with Crippen LogP contribution in [0.15, 0.2) is 47.0 Å². The maximum absolute atomic E-state index is 5.45. The Labute approximate surface area is 192 Å². The highest BCUT2D eigenvalue weighted by Crippen LogP contribution is 2.13. The zero-order valence-corrected chi connectivity index (χ0v) is 19.7. The van der Waals surface area contributed by atoms with E-state index >= 15 is 0 Å². The number of nitrogens with one attached hydrogen (secondary N) is 2. The van der Waals surface area contributed by atoms with Crippen molar-refractivity contribution in [3.63, 3.8) is 0 Å². The van der Waals surface area contributed by atoms with Gasteiger partial charge in [0.05, 0.1) is 25.5 Å². The van der Waals surface area contributed by atoms with Crippen LogP contribution >= 0.6 is 35.3 Å². The van der Waals surface area contributed by atoms with Crippen molar-refractivity contribution in [1.29, 1.82) is 0 Å². The van der Waals surface area contributed by atoms with Crippen LogP contribution < -0.4 is 10.6 Å². The molecule has 0 aliphatic carbocycles. The summed E-state index contributed by atoms with van der Waals surface area (Å²) in [6.45, 7) is 5.96. The molecule has 2 aromatic heterocycles. The summed E-state index contributed by atoms with van der Waals surface area (Å²) < 4.78 is 7.50. The van der Waals surface area contributed by atoms with E-state index in [1.807, 2.05) is 22.2 Å². The summed E-state index contributed by atoms with van der Waals surface area (Å²) in [7, 11) is 1.79. The van der Waals surface area contributed by atoms with Gasteiger partial charge in [0, 0.05) is 51.0 Å². The first-order chi connectivity index (χ1) is 13.8. The Hall–Kier alpha value is -1.69. The molecule has 1 aromatic carbocycles. The summed E-state index contributed by atoms with van der Waals surface area (Å²) in [5, 5.41) is 8.81. The average Bonchev–Trinajstić information content (AvgIpc) is 3.32. The molecule has 0 radical (unpaired) electrons. The molecule has 0 unspecified atom stereocenters. The molecule has 0 atom stereocenters. The zero-order valence-electron chi connectivity index (χ0n) is 16.5. The largest absolute Gasteiger partial charge is 0.379 e. The number of benzene rings is 1. The average molecular weight is 526 g/mol. The van der Waals surface area contributed by atoms with Gasteiger partial charge in [0.25, 0.3) is 0 Å². The Kier molecular flexibility index (Phi) is 8.28. The smallest absolute Gasteiger partial charge is 0.193 e. The van der Waals surface area contributed by atoms with Crippen molar-refractivity contribution in [3.05, 3.63) is 58.9 Å². The lowest BCUT2D eigenvalue weighted by Crippen LogP contribution is -2.37. The molecule has 1 aliphatic rings. The number of aliphatic imine (C=N–C) groups is 1. The Balaban J connectivity index is 0.00000240. The molecule has 0 amide bonds. The Morgan fingerprint density at radius 3 is 2.69 bits per heavy atom. The summed E-state index contributed by atoms with van der Waals surface area (Å²) in [4.78, 5) is 12.4. The fourth-order valence-corrected chi connectivity index (χ4v) is 4.04. The van der Waals surface area contributed by atoms with E-state index in [4.69, 9.17) is 4.74 Å². The van der Waals surface area contributed by atoms with Gasteiger partial charge >= 0.3 is 0 Å². The molecule has 29 heavy (non-hydrogen) atoms. The summed E-state index contributed by atoms with van der Waals surface area (Å²) in [6.07, 6.45) is 4.07. The quantitative estimate of drug-likeness (QED) is 0.294. The maximum atomic E-state index is 5.45. The van der Waals surface area contributed by atoms with Crippen LogP contribution in [0.2, 0.25) is 0 Å². The molecule has 1 aliphatic heterocycles. The molecular weight excluding hydrogens is 499 g/mol. The predicted molar refractivity (Wildman–Crippen MR) is 128 cm³/mol. The number of hydrogen-bond donors (Lipinski definition) is 2. The second-order valence-corrected chi connectivity index (χ2v) is 7.63. The van der Waals surface area contributed by atoms with E-state index in [1.54, 1.807) is 18.4 Å². The number of thiazole rings is 1. The monoisotopic (exact) mass is 526 g/mol. The minimum Gasteiger partial charge on any atom is -0.379 e. The van der Waals surface area contributed by atoms with E-state index in [0.29, 0.717) is 6.54 Å². The van der Waals surface area contributed by atoms with Crippen molar-refractivity contribution in [2.75, 3.05) is 33.4 Å². The van der Waals surface area contributed by atoms with Crippen molar-refractivity contribution in [2.24, 2.45) is 4.99 Å². The highest BCUT2D eigenvalue weighted by molar-refractivity contribution is 14.0. The van der Waals surface area contributed by atoms with Gasteiger partial charge in [-0.1, -0.05) is 24.3 Å². The van der Waals surface area contributed by atoms with Crippen LogP contribution in [0.3, 0.4) is 0 Å². The van der Waals surface area contributed by atoms with Crippen LogP contribution in [0.25, 0.3) is 4.96 Å². The van der Waals surface area contributed by atoms with Crippen molar-refractivity contribution in [2.45, 2.75) is 19.6 Å². The third-order valence-corrected chi connectivity index (χ3v) is 5.64. The number of fused-ring (bicyclic) bond motifs is 1. The van der Waals surface area contributed by atoms with Gasteiger partial charge in [-0.25, -0.2) is 4.98 Å². The maximum Gasteiger partial charge on any atom is 0.193 e. The minimum absolute atomic E-state index is 0. The second kappa shape index (κ2) is 10.9. The van der Waals surface area contributed by atoms with E-state index in [1.165, 1.54) is 11.1 Å². The molecule has 3 heterocycles. The molecule has 2 N–H and O–H groups in total. The Morgan fingerprint density at radius 2 is 1.93 bits per heavy atom. The van der Waals surface area contributed by atoms with Crippen molar-refractivity contribution in [1.82, 2.24) is 24.9 Å². The molecule has 1 fully saturated rings. The van der Waals surface area contributed by atoms with Crippen molar-refractivity contribution < 1.29 is 4.74 Å². The summed E-state index contributed by atoms with van der Waals surface area (Å²) >= 11 is 1.64. The van der Waals surface area contributed by atoms with Gasteiger partial charge in [-0.05, 0) is 11.1 Å². The van der Waals surface area contributed by atoms with Crippen LogP contribution in [-0.4, -0.2) is 53.6 Å². The van der Waals surface area contributed by atoms with Gasteiger partial charge in [-0.3, -0.25) is 14.3 Å². The third kappa shape index (κ3) is 5.91. The van der Waals surface area contributed by atoms with Gasteiger partial charge in [0.1, 0.15) is 0 Å². The third-order valence-electron chi connectivity index (χ3n) is 4.87. The number of ether oxygens (including phenoxy) is 1. The number of guanidine groups is 1. The number of imidazole rings is 1. The first-order valence-corrected chi connectivity index (χ1v) is 10.4. The normalized spacial score (nSPS) is 15.3. The van der Waals surface area contributed by atoms with Crippen LogP contribution in [-0.2, 0) is 24.4 Å². The van der Waals surface area contributed by atoms with Gasteiger partial charge in [-0.2, -0.15) is 0 Å². The molecule has 156 valence electrons. The lowest BCUT2D eigenvalue weighted by molar-refractivity contribution is 0.0341. The van der Waals surface area contributed by atoms with Crippen LogP contribution in [0.1, 0.15) is 16.8 Å². The molecule has 0 bridgehead atoms. The molecule has 4 rings (SSSR count). The fraction of sp³-hybridized carbons (Fsp3) is 0.400. The van der Waals surface area contributed by atoms with Crippen LogP contribution in [0.4, 0.5) is 0 Å².